The quantitative estimate of drug-likeness (QED) is 0.681. The molecule has 3 heterocycles. The molecule has 0 saturated carbocycles. The zero-order valence-corrected chi connectivity index (χ0v) is 10.3. The normalized spacial score (nSPS) is 45.1. The minimum absolute atomic E-state index is 0.0524. The predicted octanol–water partition coefficient (Wildman–Crippen LogP) is 1.69. The van der Waals surface area contributed by atoms with Crippen molar-refractivity contribution in [2.75, 3.05) is 6.54 Å². The van der Waals surface area contributed by atoms with Gasteiger partial charge in [-0.3, -0.25) is 4.79 Å². The summed E-state index contributed by atoms with van der Waals surface area (Å²) < 4.78 is 5.90. The molecule has 4 atom stereocenters. The molecular weight excluding hydrogens is 258 g/mol. The lowest BCUT2D eigenvalue weighted by Gasteiger charge is -2.36. The lowest BCUT2D eigenvalue weighted by molar-refractivity contribution is -0.135. The monoisotopic (exact) mass is 273 g/mol. The molecule has 15 heavy (non-hydrogen) atoms. The van der Waals surface area contributed by atoms with Crippen molar-refractivity contribution in [1.82, 2.24) is 4.90 Å². The highest BCUT2D eigenvalue weighted by Crippen LogP contribution is 2.37. The number of halogens is 1. The van der Waals surface area contributed by atoms with Gasteiger partial charge in [0.15, 0.2) is 0 Å². The molecule has 0 aromatic rings. The SMILES string of the molecule is O=C1C(Br)CCN1C1CCC2CCC1O2. The largest absolute Gasteiger partial charge is 0.373 e. The smallest absolute Gasteiger partial charge is 0.236 e. The number of rotatable bonds is 1. The van der Waals surface area contributed by atoms with Crippen LogP contribution in [0.2, 0.25) is 0 Å². The summed E-state index contributed by atoms with van der Waals surface area (Å²) in [4.78, 5) is 14.0. The summed E-state index contributed by atoms with van der Waals surface area (Å²) in [6, 6.07) is 0.360. The van der Waals surface area contributed by atoms with Gasteiger partial charge < -0.3 is 9.64 Å². The van der Waals surface area contributed by atoms with Crippen LogP contribution in [-0.4, -0.2) is 40.4 Å². The fourth-order valence-corrected chi connectivity index (χ4v) is 3.59. The first-order valence-electron chi connectivity index (χ1n) is 5.86. The van der Waals surface area contributed by atoms with E-state index in [1.165, 1.54) is 6.42 Å². The van der Waals surface area contributed by atoms with Crippen LogP contribution in [0.3, 0.4) is 0 Å². The van der Waals surface area contributed by atoms with Crippen LogP contribution in [0.15, 0.2) is 0 Å². The summed E-state index contributed by atoms with van der Waals surface area (Å²) in [5.41, 5.74) is 0. The molecule has 3 rings (SSSR count). The molecule has 3 saturated heterocycles. The van der Waals surface area contributed by atoms with E-state index >= 15 is 0 Å². The number of alkyl halides is 1. The molecule has 0 aliphatic carbocycles. The van der Waals surface area contributed by atoms with Gasteiger partial charge in [0, 0.05) is 6.54 Å². The standard InChI is InChI=1S/C11H16BrNO2/c12-8-5-6-13(11(8)14)9-3-1-7-2-4-10(9)15-7/h7-10H,1-6H2. The number of ether oxygens (including phenoxy) is 1. The van der Waals surface area contributed by atoms with Crippen LogP contribution in [0.5, 0.6) is 0 Å². The number of hydrogen-bond acceptors (Lipinski definition) is 2. The number of fused-ring (bicyclic) bond motifs is 2. The third kappa shape index (κ3) is 1.62. The van der Waals surface area contributed by atoms with Crippen LogP contribution >= 0.6 is 15.9 Å². The molecule has 0 aromatic heterocycles. The third-order valence-corrected chi connectivity index (χ3v) is 4.78. The van der Waals surface area contributed by atoms with E-state index in [4.69, 9.17) is 4.74 Å². The first-order chi connectivity index (χ1) is 7.25. The summed E-state index contributed by atoms with van der Waals surface area (Å²) >= 11 is 3.43. The fourth-order valence-electron chi connectivity index (χ4n) is 3.12. The highest BCUT2D eigenvalue weighted by Gasteiger charge is 2.43. The van der Waals surface area contributed by atoms with E-state index in [1.54, 1.807) is 0 Å². The van der Waals surface area contributed by atoms with Crippen LogP contribution in [0.4, 0.5) is 0 Å². The second kappa shape index (κ2) is 3.74. The molecule has 1 amide bonds. The number of hydrogen-bond donors (Lipinski definition) is 0. The number of amides is 1. The van der Waals surface area contributed by atoms with Crippen molar-refractivity contribution in [1.29, 1.82) is 0 Å². The maximum absolute atomic E-state index is 11.9. The van der Waals surface area contributed by atoms with Crippen LogP contribution in [0.1, 0.15) is 32.1 Å². The van der Waals surface area contributed by atoms with Crippen LogP contribution in [0.25, 0.3) is 0 Å². The second-order valence-corrected chi connectivity index (χ2v) is 5.91. The van der Waals surface area contributed by atoms with E-state index in [1.807, 2.05) is 4.90 Å². The first kappa shape index (κ1) is 10.1. The Morgan fingerprint density at radius 3 is 2.73 bits per heavy atom. The summed E-state index contributed by atoms with van der Waals surface area (Å²) in [5.74, 6) is 0.272. The van der Waals surface area contributed by atoms with Gasteiger partial charge in [-0.2, -0.15) is 0 Å². The zero-order chi connectivity index (χ0) is 10.4. The second-order valence-electron chi connectivity index (χ2n) is 4.81. The van der Waals surface area contributed by atoms with E-state index in [0.717, 1.165) is 32.2 Å². The van der Waals surface area contributed by atoms with E-state index in [2.05, 4.69) is 15.9 Å². The number of carbonyl (C=O) groups is 1. The van der Waals surface area contributed by atoms with Crippen LogP contribution < -0.4 is 0 Å². The lowest BCUT2D eigenvalue weighted by atomic mass is 10.0. The van der Waals surface area contributed by atoms with Crippen molar-refractivity contribution < 1.29 is 9.53 Å². The summed E-state index contributed by atoms with van der Waals surface area (Å²) in [7, 11) is 0. The summed E-state index contributed by atoms with van der Waals surface area (Å²) in [6.07, 6.45) is 6.38. The molecular formula is C11H16BrNO2. The summed E-state index contributed by atoms with van der Waals surface area (Å²) in [6.45, 7) is 0.907. The maximum atomic E-state index is 11.9. The van der Waals surface area contributed by atoms with Gasteiger partial charge in [0.25, 0.3) is 0 Å². The van der Waals surface area contributed by atoms with Crippen molar-refractivity contribution in [2.24, 2.45) is 0 Å². The summed E-state index contributed by atoms with van der Waals surface area (Å²) in [5, 5.41) is 0. The zero-order valence-electron chi connectivity index (χ0n) is 8.69. The molecule has 0 radical (unpaired) electrons. The van der Waals surface area contributed by atoms with E-state index in [-0.39, 0.29) is 10.7 Å². The molecule has 0 spiro atoms. The van der Waals surface area contributed by atoms with Crippen molar-refractivity contribution in [3.8, 4) is 0 Å². The predicted molar refractivity (Wildman–Crippen MR) is 60.0 cm³/mol. The van der Waals surface area contributed by atoms with Crippen molar-refractivity contribution in [2.45, 2.75) is 55.2 Å². The van der Waals surface area contributed by atoms with Gasteiger partial charge in [0.2, 0.25) is 5.91 Å². The highest BCUT2D eigenvalue weighted by atomic mass is 79.9. The van der Waals surface area contributed by atoms with Gasteiger partial charge in [-0.1, -0.05) is 15.9 Å². The van der Waals surface area contributed by atoms with E-state index in [0.29, 0.717) is 18.2 Å². The number of carbonyl (C=O) groups excluding carboxylic acids is 1. The first-order valence-corrected chi connectivity index (χ1v) is 6.77. The van der Waals surface area contributed by atoms with Gasteiger partial charge in [-0.05, 0) is 32.1 Å². The molecule has 0 N–H and O–H groups in total. The number of likely N-dealkylation sites (tertiary alicyclic amines) is 1. The minimum atomic E-state index is 0.0524. The van der Waals surface area contributed by atoms with Gasteiger partial charge in [0.05, 0.1) is 23.1 Å². The van der Waals surface area contributed by atoms with Crippen molar-refractivity contribution in [3.63, 3.8) is 0 Å². The molecule has 0 aromatic carbocycles. The Morgan fingerprint density at radius 2 is 2.00 bits per heavy atom. The third-order valence-electron chi connectivity index (χ3n) is 3.93. The Bertz CT molecular complexity index is 284. The van der Waals surface area contributed by atoms with Crippen LogP contribution in [-0.2, 0) is 9.53 Å². The molecule has 3 nitrogen and oxygen atoms in total. The Hall–Kier alpha value is -0.0900. The Labute approximate surface area is 98.3 Å². The van der Waals surface area contributed by atoms with Crippen molar-refractivity contribution in [3.05, 3.63) is 0 Å². The average Bonchev–Trinajstić information content (AvgIpc) is 2.77. The molecule has 3 aliphatic rings. The topological polar surface area (TPSA) is 29.5 Å². The highest BCUT2D eigenvalue weighted by molar-refractivity contribution is 9.10. The molecule has 84 valence electrons. The minimum Gasteiger partial charge on any atom is -0.373 e. The van der Waals surface area contributed by atoms with E-state index in [9.17, 15) is 4.79 Å². The maximum Gasteiger partial charge on any atom is 0.236 e. The molecule has 3 fully saturated rings. The number of nitrogens with zero attached hydrogens (tertiary/aromatic N) is 1. The molecule has 4 unspecified atom stereocenters. The molecule has 2 bridgehead atoms. The Morgan fingerprint density at radius 1 is 1.20 bits per heavy atom. The fraction of sp³-hybridized carbons (Fsp3) is 0.909. The van der Waals surface area contributed by atoms with Crippen molar-refractivity contribution >= 4 is 21.8 Å². The average molecular weight is 274 g/mol. The van der Waals surface area contributed by atoms with E-state index < -0.39 is 0 Å². The van der Waals surface area contributed by atoms with Gasteiger partial charge >= 0.3 is 0 Å². The lowest BCUT2D eigenvalue weighted by Crippen LogP contribution is -2.47. The van der Waals surface area contributed by atoms with Gasteiger partial charge in [-0.25, -0.2) is 0 Å². The van der Waals surface area contributed by atoms with Gasteiger partial charge in [0.1, 0.15) is 0 Å². The molecule has 3 aliphatic heterocycles. The van der Waals surface area contributed by atoms with Gasteiger partial charge in [-0.15, -0.1) is 0 Å². The molecule has 4 heteroatoms. The Balaban J connectivity index is 1.74. The Kier molecular flexibility index (Phi) is 2.51. The van der Waals surface area contributed by atoms with Crippen LogP contribution in [0, 0.1) is 0 Å².